The molecule has 1 saturated heterocycles. The first-order chi connectivity index (χ1) is 12.3. The summed E-state index contributed by atoms with van der Waals surface area (Å²) in [5.41, 5.74) is 0. The van der Waals surface area contributed by atoms with Crippen LogP contribution >= 0.6 is 0 Å². The second-order valence-corrected chi connectivity index (χ2v) is 6.43. The van der Waals surface area contributed by atoms with Gasteiger partial charge in [0.25, 0.3) is 0 Å². The van der Waals surface area contributed by atoms with Gasteiger partial charge in [-0.05, 0) is 38.5 Å². The second-order valence-electron chi connectivity index (χ2n) is 6.43. The van der Waals surface area contributed by atoms with E-state index in [0.29, 0.717) is 45.5 Å². The van der Waals surface area contributed by atoms with Gasteiger partial charge < -0.3 is 23.8 Å². The molecule has 0 saturated carbocycles. The Hall–Kier alpha value is -0.690. The topological polar surface area (TPSA) is 57.2 Å². The molecule has 6 nitrogen and oxygen atoms in total. The molecule has 0 aliphatic carbocycles. The third kappa shape index (κ3) is 10.8. The molecular weight excluding hydrogens is 322 g/mol. The van der Waals surface area contributed by atoms with Crippen LogP contribution in [0.2, 0.25) is 0 Å². The van der Waals surface area contributed by atoms with Crippen molar-refractivity contribution < 1.29 is 23.7 Å². The average molecular weight is 360 g/mol. The fourth-order valence-corrected chi connectivity index (χ4v) is 3.06. The van der Waals surface area contributed by atoms with Crippen molar-refractivity contribution in [2.75, 3.05) is 59.9 Å². The van der Waals surface area contributed by atoms with E-state index < -0.39 is 0 Å². The fourth-order valence-electron chi connectivity index (χ4n) is 3.06. The van der Waals surface area contributed by atoms with E-state index in [1.807, 2.05) is 4.90 Å². The Balaban J connectivity index is 1.81. The molecule has 1 heterocycles. The molecule has 6 heteroatoms. The Bertz CT molecular complexity index is 327. The van der Waals surface area contributed by atoms with E-state index >= 15 is 0 Å². The molecule has 0 aromatic carbocycles. The minimum Gasteiger partial charge on any atom is -0.385 e. The molecule has 1 aliphatic rings. The minimum absolute atomic E-state index is 0.226. The Morgan fingerprint density at radius 1 is 0.920 bits per heavy atom. The molecule has 1 rings (SSSR count). The highest BCUT2D eigenvalue weighted by Gasteiger charge is 2.26. The maximum absolute atomic E-state index is 12.1. The lowest BCUT2D eigenvalue weighted by molar-refractivity contribution is -0.133. The van der Waals surface area contributed by atoms with E-state index in [-0.39, 0.29) is 5.91 Å². The summed E-state index contributed by atoms with van der Waals surface area (Å²) in [7, 11) is 1.73. The van der Waals surface area contributed by atoms with Crippen molar-refractivity contribution in [3.8, 4) is 0 Å². The molecule has 25 heavy (non-hydrogen) atoms. The van der Waals surface area contributed by atoms with Crippen molar-refractivity contribution >= 4 is 5.91 Å². The molecular formula is C19H37NO5. The number of ether oxygens (including phenoxy) is 4. The van der Waals surface area contributed by atoms with Gasteiger partial charge >= 0.3 is 0 Å². The number of nitrogens with zero attached hydrogens (tertiary/aromatic N) is 1. The summed E-state index contributed by atoms with van der Waals surface area (Å²) in [6, 6.07) is 0.441. The van der Waals surface area contributed by atoms with Crippen molar-refractivity contribution in [3.05, 3.63) is 0 Å². The summed E-state index contributed by atoms with van der Waals surface area (Å²) in [6.45, 7) is 7.43. The van der Waals surface area contributed by atoms with Crippen molar-refractivity contribution in [3.63, 3.8) is 0 Å². The number of hydrogen-bond acceptors (Lipinski definition) is 5. The summed E-state index contributed by atoms with van der Waals surface area (Å²) in [5.74, 6) is 0.226. The van der Waals surface area contributed by atoms with Gasteiger partial charge in [0, 0.05) is 32.9 Å². The average Bonchev–Trinajstić information content (AvgIpc) is 3.10. The maximum Gasteiger partial charge on any atom is 0.225 e. The Kier molecular flexibility index (Phi) is 13.9. The molecule has 1 unspecified atom stereocenters. The van der Waals surface area contributed by atoms with Crippen molar-refractivity contribution in [2.24, 2.45) is 0 Å². The van der Waals surface area contributed by atoms with Crippen molar-refractivity contribution in [2.45, 2.75) is 57.9 Å². The van der Waals surface area contributed by atoms with Crippen LogP contribution in [-0.2, 0) is 23.7 Å². The zero-order valence-corrected chi connectivity index (χ0v) is 16.2. The van der Waals surface area contributed by atoms with Gasteiger partial charge in [-0.3, -0.25) is 4.79 Å². The second kappa shape index (κ2) is 15.6. The van der Waals surface area contributed by atoms with Crippen LogP contribution in [0.4, 0.5) is 0 Å². The van der Waals surface area contributed by atoms with E-state index in [2.05, 4.69) is 6.92 Å². The number of amides is 1. The van der Waals surface area contributed by atoms with Crippen LogP contribution in [0.15, 0.2) is 0 Å². The Morgan fingerprint density at radius 3 is 2.24 bits per heavy atom. The molecule has 0 spiro atoms. The third-order valence-corrected chi connectivity index (χ3v) is 4.51. The SMILES string of the molecule is CCC1CCCN1C(=O)CCOCCOCCOCCCCCOC. The van der Waals surface area contributed by atoms with E-state index in [0.717, 1.165) is 58.3 Å². The van der Waals surface area contributed by atoms with Gasteiger partial charge in [0.05, 0.1) is 39.5 Å². The maximum atomic E-state index is 12.1. The van der Waals surface area contributed by atoms with Gasteiger partial charge in [-0.1, -0.05) is 6.92 Å². The van der Waals surface area contributed by atoms with Crippen LogP contribution in [-0.4, -0.2) is 76.8 Å². The number of hydrogen-bond donors (Lipinski definition) is 0. The van der Waals surface area contributed by atoms with Gasteiger partial charge in [0.1, 0.15) is 0 Å². The van der Waals surface area contributed by atoms with Crippen molar-refractivity contribution in [1.29, 1.82) is 0 Å². The lowest BCUT2D eigenvalue weighted by Crippen LogP contribution is -2.35. The van der Waals surface area contributed by atoms with Crippen molar-refractivity contribution in [1.82, 2.24) is 4.90 Å². The highest BCUT2D eigenvalue weighted by Crippen LogP contribution is 2.20. The van der Waals surface area contributed by atoms with Crippen LogP contribution in [0.1, 0.15) is 51.9 Å². The fraction of sp³-hybridized carbons (Fsp3) is 0.947. The van der Waals surface area contributed by atoms with Crippen LogP contribution in [0.3, 0.4) is 0 Å². The zero-order chi connectivity index (χ0) is 18.2. The van der Waals surface area contributed by atoms with E-state index in [1.54, 1.807) is 7.11 Å². The quantitative estimate of drug-likeness (QED) is 0.397. The first kappa shape index (κ1) is 22.4. The molecule has 0 aromatic rings. The van der Waals surface area contributed by atoms with E-state index in [9.17, 15) is 4.79 Å². The minimum atomic E-state index is 0.226. The van der Waals surface area contributed by atoms with Gasteiger partial charge in [0.2, 0.25) is 5.91 Å². The van der Waals surface area contributed by atoms with Gasteiger partial charge in [-0.25, -0.2) is 0 Å². The van der Waals surface area contributed by atoms with E-state index in [4.69, 9.17) is 18.9 Å². The summed E-state index contributed by atoms with van der Waals surface area (Å²) >= 11 is 0. The lowest BCUT2D eigenvalue weighted by Gasteiger charge is -2.23. The van der Waals surface area contributed by atoms with E-state index in [1.165, 1.54) is 0 Å². The largest absolute Gasteiger partial charge is 0.385 e. The lowest BCUT2D eigenvalue weighted by atomic mass is 10.1. The molecule has 1 amide bonds. The normalized spacial score (nSPS) is 17.4. The van der Waals surface area contributed by atoms with Crippen LogP contribution in [0, 0.1) is 0 Å². The number of unbranched alkanes of at least 4 members (excludes halogenated alkanes) is 2. The summed E-state index contributed by atoms with van der Waals surface area (Å²) in [5, 5.41) is 0. The predicted octanol–water partition coefficient (Wildman–Crippen LogP) is 2.64. The first-order valence-electron chi connectivity index (χ1n) is 9.81. The molecule has 0 aromatic heterocycles. The predicted molar refractivity (Wildman–Crippen MR) is 97.8 cm³/mol. The smallest absolute Gasteiger partial charge is 0.225 e. The van der Waals surface area contributed by atoms with Crippen LogP contribution in [0.5, 0.6) is 0 Å². The number of likely N-dealkylation sites (tertiary alicyclic amines) is 1. The van der Waals surface area contributed by atoms with Crippen LogP contribution in [0.25, 0.3) is 0 Å². The summed E-state index contributed by atoms with van der Waals surface area (Å²) in [6.07, 6.45) is 7.10. The third-order valence-electron chi connectivity index (χ3n) is 4.51. The molecule has 148 valence electrons. The Morgan fingerprint density at radius 2 is 1.56 bits per heavy atom. The molecule has 0 radical (unpaired) electrons. The molecule has 0 N–H and O–H groups in total. The highest BCUT2D eigenvalue weighted by molar-refractivity contribution is 5.76. The number of carbonyl (C=O) groups is 1. The number of rotatable bonds is 16. The highest BCUT2D eigenvalue weighted by atomic mass is 16.5. The summed E-state index contributed by atoms with van der Waals surface area (Å²) < 4.78 is 21.4. The molecule has 0 bridgehead atoms. The van der Waals surface area contributed by atoms with Crippen LogP contribution < -0.4 is 0 Å². The zero-order valence-electron chi connectivity index (χ0n) is 16.2. The van der Waals surface area contributed by atoms with Gasteiger partial charge in [-0.2, -0.15) is 0 Å². The summed E-state index contributed by atoms with van der Waals surface area (Å²) in [4.78, 5) is 14.1. The molecule has 1 fully saturated rings. The number of carbonyl (C=O) groups excluding carboxylic acids is 1. The first-order valence-corrected chi connectivity index (χ1v) is 9.81. The molecule has 1 atom stereocenters. The molecule has 1 aliphatic heterocycles. The van der Waals surface area contributed by atoms with Gasteiger partial charge in [-0.15, -0.1) is 0 Å². The van der Waals surface area contributed by atoms with Gasteiger partial charge in [0.15, 0.2) is 0 Å². The number of methoxy groups -OCH3 is 1. The monoisotopic (exact) mass is 359 g/mol. The standard InChI is InChI=1S/C19H37NO5/c1-3-18-8-7-10-20(18)19(21)9-13-24-15-17-25-16-14-23-12-6-4-5-11-22-2/h18H,3-17H2,1-2H3. The Labute approximate surface area is 153 Å².